The van der Waals surface area contributed by atoms with E-state index in [0.717, 1.165) is 0 Å². The summed E-state index contributed by atoms with van der Waals surface area (Å²) in [6.45, 7) is 5.36. The number of amides is 1. The first-order valence-corrected chi connectivity index (χ1v) is 9.34. The summed E-state index contributed by atoms with van der Waals surface area (Å²) in [7, 11) is -3.19. The molecule has 0 aliphatic heterocycles. The average Bonchev–Trinajstić information content (AvgIpc) is 2.43. The Labute approximate surface area is 136 Å². The van der Waals surface area contributed by atoms with Crippen molar-refractivity contribution in [2.45, 2.75) is 33.2 Å². The van der Waals surface area contributed by atoms with Crippen molar-refractivity contribution in [1.82, 2.24) is 4.90 Å². The Morgan fingerprint density at radius 2 is 2.00 bits per heavy atom. The Balaban J connectivity index is 2.89. The zero-order valence-electron chi connectivity index (χ0n) is 13.0. The predicted molar refractivity (Wildman–Crippen MR) is 86.3 cm³/mol. The number of hydrogen-bond acceptors (Lipinski definition) is 3. The van der Waals surface area contributed by atoms with Gasteiger partial charge in [-0.25, -0.2) is 12.8 Å². The van der Waals surface area contributed by atoms with Crippen LogP contribution in [0.4, 0.5) is 4.39 Å². The van der Waals surface area contributed by atoms with Crippen LogP contribution in [0.3, 0.4) is 0 Å². The van der Waals surface area contributed by atoms with Gasteiger partial charge in [-0.1, -0.05) is 24.6 Å². The maximum atomic E-state index is 13.8. The molecule has 0 radical (unpaired) electrons. The standard InChI is InChI=1S/C15H21ClFNO3S/c1-4-18(11(3)10-22(20,21)5-2)15(19)9-12-13(16)7-6-8-14(12)17/h6-8,11H,4-5,9-10H2,1-3H3/t11-/m1/s1. The Bertz CT molecular complexity index is 613. The van der Waals surface area contributed by atoms with E-state index in [1.165, 1.54) is 23.1 Å². The van der Waals surface area contributed by atoms with E-state index in [1.54, 1.807) is 20.8 Å². The number of carbonyl (C=O) groups is 1. The van der Waals surface area contributed by atoms with E-state index >= 15 is 0 Å². The first-order valence-electron chi connectivity index (χ1n) is 7.14. The van der Waals surface area contributed by atoms with Gasteiger partial charge in [0.15, 0.2) is 9.84 Å². The largest absolute Gasteiger partial charge is 0.339 e. The summed E-state index contributed by atoms with van der Waals surface area (Å²) in [6.07, 6.45) is -0.185. The third kappa shape index (κ3) is 4.95. The van der Waals surface area contributed by atoms with Crippen LogP contribution < -0.4 is 0 Å². The van der Waals surface area contributed by atoms with Gasteiger partial charge in [-0.2, -0.15) is 0 Å². The fourth-order valence-corrected chi connectivity index (χ4v) is 3.64. The number of rotatable bonds is 7. The Morgan fingerprint density at radius 1 is 1.36 bits per heavy atom. The summed E-state index contributed by atoms with van der Waals surface area (Å²) >= 11 is 5.92. The second-order valence-electron chi connectivity index (χ2n) is 5.10. The minimum Gasteiger partial charge on any atom is -0.339 e. The van der Waals surface area contributed by atoms with Crippen LogP contribution in [0.15, 0.2) is 18.2 Å². The van der Waals surface area contributed by atoms with Crippen molar-refractivity contribution >= 4 is 27.3 Å². The molecule has 124 valence electrons. The van der Waals surface area contributed by atoms with Crippen LogP contribution in [-0.4, -0.2) is 43.3 Å². The quantitative estimate of drug-likeness (QED) is 0.760. The lowest BCUT2D eigenvalue weighted by Gasteiger charge is -2.28. The van der Waals surface area contributed by atoms with E-state index < -0.39 is 21.7 Å². The predicted octanol–water partition coefficient (Wildman–Crippen LogP) is 2.69. The molecule has 7 heteroatoms. The molecule has 0 unspecified atom stereocenters. The Kier molecular flexibility index (Phi) is 6.81. The van der Waals surface area contributed by atoms with Gasteiger partial charge in [0.25, 0.3) is 0 Å². The van der Waals surface area contributed by atoms with Crippen LogP contribution in [0.25, 0.3) is 0 Å². The van der Waals surface area contributed by atoms with Gasteiger partial charge in [0.2, 0.25) is 5.91 Å². The zero-order valence-corrected chi connectivity index (χ0v) is 14.5. The molecule has 0 heterocycles. The Morgan fingerprint density at radius 3 is 2.50 bits per heavy atom. The molecule has 0 spiro atoms. The number of likely N-dealkylation sites (N-methyl/N-ethyl adjacent to an activating group) is 1. The van der Waals surface area contributed by atoms with E-state index in [1.807, 2.05) is 0 Å². The summed E-state index contributed by atoms with van der Waals surface area (Å²) in [6, 6.07) is 3.78. The zero-order chi connectivity index (χ0) is 16.9. The molecular formula is C15H21ClFNO3S. The van der Waals surface area contributed by atoms with E-state index in [2.05, 4.69) is 0 Å². The van der Waals surface area contributed by atoms with Gasteiger partial charge in [-0.3, -0.25) is 4.79 Å². The maximum Gasteiger partial charge on any atom is 0.227 e. The van der Waals surface area contributed by atoms with Gasteiger partial charge in [-0.05, 0) is 26.0 Å². The number of carbonyl (C=O) groups excluding carboxylic acids is 1. The van der Waals surface area contributed by atoms with Gasteiger partial charge in [0.1, 0.15) is 5.82 Å². The highest BCUT2D eigenvalue weighted by atomic mass is 35.5. The van der Waals surface area contributed by atoms with E-state index in [-0.39, 0.29) is 34.4 Å². The van der Waals surface area contributed by atoms with E-state index in [4.69, 9.17) is 11.6 Å². The molecule has 0 aliphatic rings. The van der Waals surface area contributed by atoms with E-state index in [9.17, 15) is 17.6 Å². The third-order valence-corrected chi connectivity index (χ3v) is 5.74. The summed E-state index contributed by atoms with van der Waals surface area (Å²) < 4.78 is 37.2. The normalized spacial score (nSPS) is 13.0. The van der Waals surface area contributed by atoms with Crippen LogP contribution in [0.1, 0.15) is 26.3 Å². The minimum atomic E-state index is -3.19. The van der Waals surface area contributed by atoms with Crippen LogP contribution in [0.5, 0.6) is 0 Å². The summed E-state index contributed by atoms with van der Waals surface area (Å²) in [5, 5.41) is 0.193. The van der Waals surface area contributed by atoms with Crippen molar-refractivity contribution < 1.29 is 17.6 Å². The van der Waals surface area contributed by atoms with Crippen molar-refractivity contribution in [3.63, 3.8) is 0 Å². The lowest BCUT2D eigenvalue weighted by atomic mass is 10.1. The first-order chi connectivity index (χ1) is 10.2. The molecule has 0 N–H and O–H groups in total. The van der Waals surface area contributed by atoms with Crippen LogP contribution in [0, 0.1) is 5.82 Å². The molecule has 0 aliphatic carbocycles. The summed E-state index contributed by atoms with van der Waals surface area (Å²) in [5.74, 6) is -0.949. The van der Waals surface area contributed by atoms with Crippen molar-refractivity contribution in [3.05, 3.63) is 34.6 Å². The molecule has 0 saturated heterocycles. The van der Waals surface area contributed by atoms with Crippen molar-refractivity contribution in [2.24, 2.45) is 0 Å². The van der Waals surface area contributed by atoms with Crippen LogP contribution in [0.2, 0.25) is 5.02 Å². The molecule has 22 heavy (non-hydrogen) atoms. The maximum absolute atomic E-state index is 13.8. The SMILES string of the molecule is CCN(C(=O)Cc1c(F)cccc1Cl)[C@H](C)CS(=O)(=O)CC. The number of hydrogen-bond donors (Lipinski definition) is 0. The lowest BCUT2D eigenvalue weighted by molar-refractivity contribution is -0.131. The molecule has 1 aromatic carbocycles. The van der Waals surface area contributed by atoms with Gasteiger partial charge >= 0.3 is 0 Å². The number of halogens is 2. The highest BCUT2D eigenvalue weighted by molar-refractivity contribution is 7.91. The fourth-order valence-electron chi connectivity index (χ4n) is 2.26. The van der Waals surface area contributed by atoms with Gasteiger partial charge in [0, 0.05) is 28.9 Å². The molecule has 0 aromatic heterocycles. The lowest BCUT2D eigenvalue weighted by Crippen LogP contribution is -2.43. The van der Waals surface area contributed by atoms with Gasteiger partial charge in [0.05, 0.1) is 12.2 Å². The molecular weight excluding hydrogens is 329 g/mol. The molecule has 4 nitrogen and oxygen atoms in total. The molecule has 1 atom stereocenters. The number of sulfone groups is 1. The number of benzene rings is 1. The Hall–Kier alpha value is -1.14. The summed E-state index contributed by atoms with van der Waals surface area (Å²) in [4.78, 5) is 13.8. The molecule has 0 fully saturated rings. The fraction of sp³-hybridized carbons (Fsp3) is 0.533. The molecule has 1 aromatic rings. The van der Waals surface area contributed by atoms with Crippen LogP contribution in [-0.2, 0) is 21.1 Å². The highest BCUT2D eigenvalue weighted by Gasteiger charge is 2.24. The average molecular weight is 350 g/mol. The number of nitrogens with zero attached hydrogens (tertiary/aromatic N) is 1. The topological polar surface area (TPSA) is 54.5 Å². The molecule has 0 saturated carbocycles. The second-order valence-corrected chi connectivity index (χ2v) is 7.91. The summed E-state index contributed by atoms with van der Waals surface area (Å²) in [5.41, 5.74) is 0.137. The van der Waals surface area contributed by atoms with Crippen molar-refractivity contribution in [2.75, 3.05) is 18.1 Å². The molecule has 1 amide bonds. The van der Waals surface area contributed by atoms with Crippen LogP contribution >= 0.6 is 11.6 Å². The van der Waals surface area contributed by atoms with Crippen molar-refractivity contribution in [3.8, 4) is 0 Å². The monoisotopic (exact) mass is 349 g/mol. The smallest absolute Gasteiger partial charge is 0.227 e. The first kappa shape index (κ1) is 18.9. The minimum absolute atomic E-state index is 0.0300. The second kappa shape index (κ2) is 7.92. The molecule has 0 bridgehead atoms. The van der Waals surface area contributed by atoms with Crippen molar-refractivity contribution in [1.29, 1.82) is 0 Å². The van der Waals surface area contributed by atoms with E-state index in [0.29, 0.717) is 6.54 Å². The third-order valence-electron chi connectivity index (χ3n) is 3.52. The molecule has 1 rings (SSSR count). The van der Waals surface area contributed by atoms with Gasteiger partial charge < -0.3 is 4.90 Å². The van der Waals surface area contributed by atoms with Gasteiger partial charge in [-0.15, -0.1) is 0 Å². The highest BCUT2D eigenvalue weighted by Crippen LogP contribution is 2.20.